The van der Waals surface area contributed by atoms with Gasteiger partial charge in [-0.3, -0.25) is 4.79 Å². The van der Waals surface area contributed by atoms with Gasteiger partial charge in [-0.15, -0.1) is 0 Å². The molecule has 4 heteroatoms. The first-order valence-corrected chi connectivity index (χ1v) is 3.44. The average molecular weight is 148 g/mol. The van der Waals surface area contributed by atoms with Gasteiger partial charge in [0.2, 0.25) is 5.91 Å². The van der Waals surface area contributed by atoms with E-state index in [1.54, 1.807) is 0 Å². The molecule has 3 nitrogen and oxygen atoms in total. The highest BCUT2D eigenvalue weighted by Crippen LogP contribution is 1.83. The van der Waals surface area contributed by atoms with Crippen molar-refractivity contribution in [3.8, 4) is 0 Å². The first kappa shape index (κ1) is 8.78. The summed E-state index contributed by atoms with van der Waals surface area (Å²) in [4.78, 5) is 10.5. The summed E-state index contributed by atoms with van der Waals surface area (Å²) < 4.78 is 0. The van der Waals surface area contributed by atoms with Crippen LogP contribution in [-0.4, -0.2) is 24.2 Å². The molecule has 0 aliphatic heterocycles. The Hall–Kier alpha value is -0.220. The topological polar surface area (TPSA) is 55.1 Å². The average Bonchev–Trinajstić information content (AvgIpc) is 1.87. The zero-order chi connectivity index (χ0) is 7.28. The number of thiol groups is 1. The summed E-state index contributed by atoms with van der Waals surface area (Å²) in [5.74, 6) is 0.516. The highest BCUT2D eigenvalue weighted by molar-refractivity contribution is 7.80. The van der Waals surface area contributed by atoms with E-state index in [4.69, 9.17) is 5.73 Å². The minimum atomic E-state index is -0.128. The van der Waals surface area contributed by atoms with Crippen LogP contribution in [0.15, 0.2) is 0 Å². The zero-order valence-electron chi connectivity index (χ0n) is 5.42. The lowest BCUT2D eigenvalue weighted by Crippen LogP contribution is -2.37. The molecule has 0 aromatic heterocycles. The number of carbonyl (C=O) groups excluding carboxylic acids is 1. The highest BCUT2D eigenvalue weighted by Gasteiger charge is 2.00. The molecule has 0 aliphatic carbocycles. The molecule has 0 bridgehead atoms. The van der Waals surface area contributed by atoms with E-state index < -0.39 is 0 Å². The minimum absolute atomic E-state index is 0.0537. The van der Waals surface area contributed by atoms with E-state index in [-0.39, 0.29) is 18.5 Å². The molecule has 0 spiro atoms. The molecule has 1 atom stereocenters. The molecule has 9 heavy (non-hydrogen) atoms. The van der Waals surface area contributed by atoms with Crippen LogP contribution in [0, 0.1) is 0 Å². The lowest BCUT2D eigenvalue weighted by molar-refractivity contribution is -0.120. The van der Waals surface area contributed by atoms with Crippen molar-refractivity contribution >= 4 is 18.5 Å². The highest BCUT2D eigenvalue weighted by atomic mass is 32.1. The van der Waals surface area contributed by atoms with E-state index in [0.29, 0.717) is 5.75 Å². The molecule has 0 saturated heterocycles. The third-order valence-electron chi connectivity index (χ3n) is 0.867. The number of nitrogens with two attached hydrogens (primary N) is 1. The quantitative estimate of drug-likeness (QED) is 0.467. The van der Waals surface area contributed by atoms with Crippen LogP contribution in [0.3, 0.4) is 0 Å². The van der Waals surface area contributed by atoms with Crippen LogP contribution < -0.4 is 11.1 Å². The van der Waals surface area contributed by atoms with Crippen molar-refractivity contribution in [3.63, 3.8) is 0 Å². The van der Waals surface area contributed by atoms with E-state index in [0.717, 1.165) is 0 Å². The molecular weight excluding hydrogens is 136 g/mol. The Kier molecular flexibility index (Phi) is 4.53. The van der Waals surface area contributed by atoms with Gasteiger partial charge in [0.05, 0.1) is 6.54 Å². The van der Waals surface area contributed by atoms with Crippen LogP contribution in [0.1, 0.15) is 6.92 Å². The number of hydrogen-bond acceptors (Lipinski definition) is 3. The summed E-state index contributed by atoms with van der Waals surface area (Å²) in [6.45, 7) is 1.93. The summed E-state index contributed by atoms with van der Waals surface area (Å²) in [6, 6.07) is 0.115. The Labute approximate surface area is 60.4 Å². The number of amides is 1. The van der Waals surface area contributed by atoms with Gasteiger partial charge in [-0.2, -0.15) is 12.6 Å². The normalized spacial score (nSPS) is 12.8. The SMILES string of the molecule is C[C@H](CS)NC(=O)CN. The molecule has 0 rings (SSSR count). The fraction of sp³-hybridized carbons (Fsp3) is 0.800. The Morgan fingerprint density at radius 2 is 2.44 bits per heavy atom. The third kappa shape index (κ3) is 4.29. The van der Waals surface area contributed by atoms with Crippen molar-refractivity contribution in [1.29, 1.82) is 0 Å². The van der Waals surface area contributed by atoms with E-state index in [2.05, 4.69) is 17.9 Å². The van der Waals surface area contributed by atoms with Gasteiger partial charge in [0, 0.05) is 11.8 Å². The molecule has 0 unspecified atom stereocenters. The molecule has 0 saturated carbocycles. The minimum Gasteiger partial charge on any atom is -0.352 e. The van der Waals surface area contributed by atoms with Gasteiger partial charge in [-0.05, 0) is 6.92 Å². The second-order valence-corrected chi connectivity index (χ2v) is 2.22. The maximum absolute atomic E-state index is 10.5. The number of rotatable bonds is 3. The molecule has 0 fully saturated rings. The summed E-state index contributed by atoms with van der Waals surface area (Å²) in [5.41, 5.74) is 5.04. The predicted octanol–water partition coefficient (Wildman–Crippen LogP) is -0.620. The van der Waals surface area contributed by atoms with Gasteiger partial charge in [-0.1, -0.05) is 0 Å². The van der Waals surface area contributed by atoms with E-state index in [1.165, 1.54) is 0 Å². The molecule has 1 amide bonds. The van der Waals surface area contributed by atoms with Crippen molar-refractivity contribution in [2.45, 2.75) is 13.0 Å². The first-order valence-electron chi connectivity index (χ1n) is 2.81. The van der Waals surface area contributed by atoms with Crippen LogP contribution >= 0.6 is 12.6 Å². The smallest absolute Gasteiger partial charge is 0.233 e. The van der Waals surface area contributed by atoms with Crippen molar-refractivity contribution in [2.75, 3.05) is 12.3 Å². The van der Waals surface area contributed by atoms with Crippen LogP contribution in [0.4, 0.5) is 0 Å². The van der Waals surface area contributed by atoms with Gasteiger partial charge in [-0.25, -0.2) is 0 Å². The molecule has 54 valence electrons. The first-order chi connectivity index (χ1) is 4.20. The third-order valence-corrected chi connectivity index (χ3v) is 1.41. The van der Waals surface area contributed by atoms with Crippen molar-refractivity contribution in [2.24, 2.45) is 5.73 Å². The maximum atomic E-state index is 10.5. The van der Waals surface area contributed by atoms with E-state index in [9.17, 15) is 4.79 Å². The second kappa shape index (κ2) is 4.64. The standard InChI is InChI=1S/C5H12N2OS/c1-4(3-9)7-5(8)2-6/h4,9H,2-3,6H2,1H3,(H,7,8)/t4-/m1/s1. The predicted molar refractivity (Wildman–Crippen MR) is 40.5 cm³/mol. The van der Waals surface area contributed by atoms with E-state index >= 15 is 0 Å². The van der Waals surface area contributed by atoms with Crippen LogP contribution in [0.25, 0.3) is 0 Å². The molecule has 0 heterocycles. The summed E-state index contributed by atoms with van der Waals surface area (Å²) in [6.07, 6.45) is 0. The molecule has 0 radical (unpaired) electrons. The van der Waals surface area contributed by atoms with Gasteiger partial charge in [0.15, 0.2) is 0 Å². The monoisotopic (exact) mass is 148 g/mol. The van der Waals surface area contributed by atoms with Gasteiger partial charge >= 0.3 is 0 Å². The Bertz CT molecular complexity index is 97.0. The Balaban J connectivity index is 3.34. The molecule has 0 aromatic carbocycles. The van der Waals surface area contributed by atoms with Gasteiger partial charge in [0.25, 0.3) is 0 Å². The lowest BCUT2D eigenvalue weighted by atomic mass is 10.4. The Morgan fingerprint density at radius 3 is 2.78 bits per heavy atom. The Morgan fingerprint density at radius 1 is 1.89 bits per heavy atom. The van der Waals surface area contributed by atoms with Crippen LogP contribution in [0.5, 0.6) is 0 Å². The van der Waals surface area contributed by atoms with Crippen molar-refractivity contribution in [3.05, 3.63) is 0 Å². The number of carbonyl (C=O) groups is 1. The fourth-order valence-corrected chi connectivity index (χ4v) is 0.471. The van der Waals surface area contributed by atoms with E-state index in [1.807, 2.05) is 6.92 Å². The van der Waals surface area contributed by atoms with Crippen LogP contribution in [0.2, 0.25) is 0 Å². The fourth-order valence-electron chi connectivity index (χ4n) is 0.379. The van der Waals surface area contributed by atoms with Crippen molar-refractivity contribution in [1.82, 2.24) is 5.32 Å². The second-order valence-electron chi connectivity index (χ2n) is 1.86. The molecule has 0 aliphatic rings. The summed E-state index contributed by atoms with van der Waals surface area (Å²) in [7, 11) is 0. The lowest BCUT2D eigenvalue weighted by Gasteiger charge is -2.08. The van der Waals surface area contributed by atoms with Gasteiger partial charge in [0.1, 0.15) is 0 Å². The number of nitrogens with one attached hydrogen (secondary N) is 1. The largest absolute Gasteiger partial charge is 0.352 e. The number of hydrogen-bond donors (Lipinski definition) is 3. The molecule has 0 aromatic rings. The zero-order valence-corrected chi connectivity index (χ0v) is 6.32. The summed E-state index contributed by atoms with van der Waals surface area (Å²) in [5, 5.41) is 2.64. The molecular formula is C5H12N2OS. The summed E-state index contributed by atoms with van der Waals surface area (Å²) >= 11 is 3.97. The van der Waals surface area contributed by atoms with Gasteiger partial charge < -0.3 is 11.1 Å². The maximum Gasteiger partial charge on any atom is 0.233 e. The van der Waals surface area contributed by atoms with Crippen molar-refractivity contribution < 1.29 is 4.79 Å². The van der Waals surface area contributed by atoms with Crippen LogP contribution in [-0.2, 0) is 4.79 Å². The molecule has 3 N–H and O–H groups in total.